The van der Waals surface area contributed by atoms with Crippen LogP contribution in [0.5, 0.6) is 0 Å². The van der Waals surface area contributed by atoms with E-state index in [1.54, 1.807) is 30.5 Å². The smallest absolute Gasteiger partial charge is 0.256 e. The maximum atomic E-state index is 12.1. The Hall–Kier alpha value is -2.69. The van der Waals surface area contributed by atoms with Crippen molar-refractivity contribution in [3.05, 3.63) is 53.7 Å². The van der Waals surface area contributed by atoms with Crippen LogP contribution in [0.2, 0.25) is 0 Å². The molecule has 0 aliphatic heterocycles. The van der Waals surface area contributed by atoms with Crippen molar-refractivity contribution in [2.45, 2.75) is 19.8 Å². The van der Waals surface area contributed by atoms with Crippen LogP contribution in [0.1, 0.15) is 28.8 Å². The lowest BCUT2D eigenvalue weighted by Crippen LogP contribution is -2.15. The minimum Gasteiger partial charge on any atom is -0.326 e. The molecule has 5 heteroatoms. The van der Waals surface area contributed by atoms with Crippen molar-refractivity contribution in [3.63, 3.8) is 0 Å². The fourth-order valence-electron chi connectivity index (χ4n) is 2.09. The van der Waals surface area contributed by atoms with Crippen LogP contribution in [0.15, 0.2) is 42.6 Å². The summed E-state index contributed by atoms with van der Waals surface area (Å²) in [6, 6.07) is 10.5. The first kappa shape index (κ1) is 14.3. The van der Waals surface area contributed by atoms with E-state index < -0.39 is 0 Å². The highest BCUT2D eigenvalue weighted by Gasteiger charge is 2.29. The maximum absolute atomic E-state index is 12.1. The summed E-state index contributed by atoms with van der Waals surface area (Å²) in [5, 5.41) is 5.59. The average Bonchev–Trinajstić information content (AvgIpc) is 3.32. The zero-order chi connectivity index (χ0) is 15.5. The Labute approximate surface area is 128 Å². The molecular formula is C17H17N3O2. The lowest BCUT2D eigenvalue weighted by atomic mass is 10.2. The summed E-state index contributed by atoms with van der Waals surface area (Å²) in [5.74, 6) is 0.519. The number of amides is 2. The van der Waals surface area contributed by atoms with E-state index in [9.17, 15) is 9.59 Å². The van der Waals surface area contributed by atoms with Crippen LogP contribution in [0.25, 0.3) is 0 Å². The van der Waals surface area contributed by atoms with Crippen molar-refractivity contribution in [1.82, 2.24) is 4.98 Å². The van der Waals surface area contributed by atoms with Crippen molar-refractivity contribution in [1.29, 1.82) is 0 Å². The fourth-order valence-corrected chi connectivity index (χ4v) is 2.09. The van der Waals surface area contributed by atoms with Crippen molar-refractivity contribution in [2.75, 3.05) is 10.6 Å². The number of aromatic nitrogens is 1. The summed E-state index contributed by atoms with van der Waals surface area (Å²) in [7, 11) is 0. The quantitative estimate of drug-likeness (QED) is 0.911. The first-order chi connectivity index (χ1) is 10.6. The second-order valence-corrected chi connectivity index (χ2v) is 5.51. The molecule has 1 aromatic heterocycles. The van der Waals surface area contributed by atoms with Gasteiger partial charge in [0.25, 0.3) is 5.91 Å². The van der Waals surface area contributed by atoms with Crippen LogP contribution in [0.3, 0.4) is 0 Å². The minimum absolute atomic E-state index is 0.0566. The summed E-state index contributed by atoms with van der Waals surface area (Å²) in [6.07, 6.45) is 3.59. The van der Waals surface area contributed by atoms with E-state index in [4.69, 9.17) is 0 Å². The number of carbonyl (C=O) groups is 2. The Morgan fingerprint density at radius 1 is 1.09 bits per heavy atom. The Bertz CT molecular complexity index is 706. The standard InChI is InChI=1S/C17H17N3O2/c1-11-8-9-18-15(10-11)20-17(22)13-4-6-14(7-5-13)19-16(21)12-2-3-12/h4-10,12H,2-3H2,1H3,(H,19,21)(H,18,20,22). The first-order valence-electron chi connectivity index (χ1n) is 7.27. The van der Waals surface area contributed by atoms with Gasteiger partial charge in [0.15, 0.2) is 0 Å². The predicted octanol–water partition coefficient (Wildman–Crippen LogP) is 2.99. The van der Waals surface area contributed by atoms with Gasteiger partial charge in [-0.3, -0.25) is 9.59 Å². The highest BCUT2D eigenvalue weighted by molar-refractivity contribution is 6.04. The van der Waals surface area contributed by atoms with Crippen molar-refractivity contribution < 1.29 is 9.59 Å². The molecule has 2 aromatic rings. The van der Waals surface area contributed by atoms with Gasteiger partial charge in [-0.2, -0.15) is 0 Å². The van der Waals surface area contributed by atoms with Gasteiger partial charge in [-0.1, -0.05) is 0 Å². The highest BCUT2D eigenvalue weighted by atomic mass is 16.2. The topological polar surface area (TPSA) is 71.1 Å². The molecule has 1 aliphatic carbocycles. The molecule has 2 N–H and O–H groups in total. The summed E-state index contributed by atoms with van der Waals surface area (Å²) in [4.78, 5) is 27.9. The molecule has 0 spiro atoms. The number of nitrogens with zero attached hydrogens (tertiary/aromatic N) is 1. The van der Waals surface area contributed by atoms with E-state index in [2.05, 4.69) is 15.6 Å². The highest BCUT2D eigenvalue weighted by Crippen LogP contribution is 2.30. The zero-order valence-corrected chi connectivity index (χ0v) is 12.3. The molecule has 112 valence electrons. The molecule has 3 rings (SSSR count). The van der Waals surface area contributed by atoms with E-state index in [0.29, 0.717) is 17.1 Å². The Morgan fingerprint density at radius 3 is 2.45 bits per heavy atom. The molecule has 0 saturated heterocycles. The van der Waals surface area contributed by atoms with Gasteiger partial charge in [0.2, 0.25) is 5.91 Å². The molecular weight excluding hydrogens is 278 g/mol. The molecule has 0 unspecified atom stereocenters. The third-order valence-electron chi connectivity index (χ3n) is 3.52. The lowest BCUT2D eigenvalue weighted by Gasteiger charge is -2.07. The molecule has 1 heterocycles. The predicted molar refractivity (Wildman–Crippen MR) is 84.7 cm³/mol. The fraction of sp³-hybridized carbons (Fsp3) is 0.235. The van der Waals surface area contributed by atoms with Gasteiger partial charge in [0, 0.05) is 23.4 Å². The van der Waals surface area contributed by atoms with Crippen LogP contribution in [-0.4, -0.2) is 16.8 Å². The summed E-state index contributed by atoms with van der Waals surface area (Å²) >= 11 is 0. The zero-order valence-electron chi connectivity index (χ0n) is 12.3. The van der Waals surface area contributed by atoms with Crippen LogP contribution < -0.4 is 10.6 Å². The normalized spacial score (nSPS) is 13.5. The monoisotopic (exact) mass is 295 g/mol. The van der Waals surface area contributed by atoms with Gasteiger partial charge in [0.1, 0.15) is 5.82 Å². The summed E-state index contributed by atoms with van der Waals surface area (Å²) in [5.41, 5.74) is 2.26. The van der Waals surface area contributed by atoms with Crippen LogP contribution in [-0.2, 0) is 4.79 Å². The average molecular weight is 295 g/mol. The van der Waals surface area contributed by atoms with Gasteiger partial charge in [0.05, 0.1) is 0 Å². The van der Waals surface area contributed by atoms with Crippen molar-refractivity contribution in [3.8, 4) is 0 Å². The third-order valence-corrected chi connectivity index (χ3v) is 3.52. The van der Waals surface area contributed by atoms with E-state index in [1.807, 2.05) is 19.1 Å². The number of rotatable bonds is 4. The van der Waals surface area contributed by atoms with Crippen molar-refractivity contribution in [2.24, 2.45) is 5.92 Å². The summed E-state index contributed by atoms with van der Waals surface area (Å²) < 4.78 is 0. The Morgan fingerprint density at radius 2 is 1.82 bits per heavy atom. The number of hydrogen-bond donors (Lipinski definition) is 2. The number of hydrogen-bond acceptors (Lipinski definition) is 3. The number of aryl methyl sites for hydroxylation is 1. The van der Waals surface area contributed by atoms with Gasteiger partial charge in [-0.25, -0.2) is 4.98 Å². The van der Waals surface area contributed by atoms with E-state index >= 15 is 0 Å². The second-order valence-electron chi connectivity index (χ2n) is 5.51. The van der Waals surface area contributed by atoms with E-state index in [1.165, 1.54) is 0 Å². The number of pyridine rings is 1. The number of benzene rings is 1. The second kappa shape index (κ2) is 5.97. The molecule has 0 radical (unpaired) electrons. The number of carbonyl (C=O) groups excluding carboxylic acids is 2. The van der Waals surface area contributed by atoms with Gasteiger partial charge in [-0.15, -0.1) is 0 Å². The molecule has 1 fully saturated rings. The molecule has 0 bridgehead atoms. The molecule has 5 nitrogen and oxygen atoms in total. The SMILES string of the molecule is Cc1ccnc(NC(=O)c2ccc(NC(=O)C3CC3)cc2)c1. The van der Waals surface area contributed by atoms with Gasteiger partial charge >= 0.3 is 0 Å². The van der Waals surface area contributed by atoms with Gasteiger partial charge in [-0.05, 0) is 61.7 Å². The lowest BCUT2D eigenvalue weighted by molar-refractivity contribution is -0.117. The van der Waals surface area contributed by atoms with Crippen LogP contribution in [0.4, 0.5) is 11.5 Å². The molecule has 22 heavy (non-hydrogen) atoms. The van der Waals surface area contributed by atoms with Gasteiger partial charge < -0.3 is 10.6 Å². The molecule has 1 aromatic carbocycles. The maximum Gasteiger partial charge on any atom is 0.256 e. The largest absolute Gasteiger partial charge is 0.326 e. The van der Waals surface area contributed by atoms with Crippen molar-refractivity contribution >= 4 is 23.3 Å². The first-order valence-corrected chi connectivity index (χ1v) is 7.27. The van der Waals surface area contributed by atoms with E-state index in [-0.39, 0.29) is 17.7 Å². The Balaban J connectivity index is 1.64. The van der Waals surface area contributed by atoms with Crippen LogP contribution in [0, 0.1) is 12.8 Å². The molecule has 2 amide bonds. The van der Waals surface area contributed by atoms with Crippen LogP contribution >= 0.6 is 0 Å². The molecule has 0 atom stereocenters. The Kier molecular flexibility index (Phi) is 3.87. The summed E-state index contributed by atoms with van der Waals surface area (Å²) in [6.45, 7) is 1.94. The number of nitrogens with one attached hydrogen (secondary N) is 2. The number of anilines is 2. The minimum atomic E-state index is -0.224. The molecule has 1 aliphatic rings. The third kappa shape index (κ3) is 3.49. The molecule has 1 saturated carbocycles. The van der Waals surface area contributed by atoms with E-state index in [0.717, 1.165) is 18.4 Å².